The third kappa shape index (κ3) is 5.15. The minimum Gasteiger partial charge on any atom is -0.495 e. The average Bonchev–Trinajstić information content (AvgIpc) is 3.62. The van der Waals surface area contributed by atoms with E-state index in [1.54, 1.807) is 24.5 Å². The normalized spacial score (nSPS) is 14.1. The monoisotopic (exact) mass is 502 g/mol. The number of likely N-dealkylation sites (N-methyl/N-ethyl adjacent to an activating group) is 1. The number of para-hydroxylation sites is 2. The number of carbonyl (C=O) groups is 1. The Morgan fingerprint density at radius 3 is 2.53 bits per heavy atom. The number of carbonyl (C=O) groups excluding carboxylic acids is 1. The van der Waals surface area contributed by atoms with Crippen molar-refractivity contribution in [1.29, 1.82) is 0 Å². The summed E-state index contributed by atoms with van der Waals surface area (Å²) in [5.74, 6) is 1.75. The second-order valence-electron chi connectivity index (χ2n) is 8.63. The van der Waals surface area contributed by atoms with E-state index in [1.807, 2.05) is 53.4 Å². The van der Waals surface area contributed by atoms with Crippen LogP contribution in [0, 0.1) is 0 Å². The van der Waals surface area contributed by atoms with Gasteiger partial charge in [0, 0.05) is 37.1 Å². The second-order valence-corrected chi connectivity index (χ2v) is 9.47. The smallest absolute Gasteiger partial charge is 0.289 e. The minimum absolute atomic E-state index is 0.0542. The number of ether oxygens (including phenoxy) is 1. The number of anilines is 2. The van der Waals surface area contributed by atoms with Crippen LogP contribution in [-0.4, -0.2) is 60.5 Å². The van der Waals surface area contributed by atoms with Crippen LogP contribution in [0.2, 0.25) is 0 Å². The van der Waals surface area contributed by atoms with E-state index in [4.69, 9.17) is 14.1 Å². The molecule has 1 amide bonds. The van der Waals surface area contributed by atoms with Gasteiger partial charge in [0.15, 0.2) is 10.9 Å². The summed E-state index contributed by atoms with van der Waals surface area (Å²) < 4.78 is 11.7. The van der Waals surface area contributed by atoms with Gasteiger partial charge in [-0.3, -0.25) is 4.79 Å². The number of piperazine rings is 1. The van der Waals surface area contributed by atoms with Crippen molar-refractivity contribution >= 4 is 28.1 Å². The summed E-state index contributed by atoms with van der Waals surface area (Å²) >= 11 is 1.56. The molecular formula is C28H30N4O3S. The van der Waals surface area contributed by atoms with Crippen molar-refractivity contribution in [2.45, 2.75) is 13.5 Å². The summed E-state index contributed by atoms with van der Waals surface area (Å²) in [5, 5.41) is 2.87. The summed E-state index contributed by atoms with van der Waals surface area (Å²) in [5.41, 5.74) is 2.86. The molecule has 8 heteroatoms. The van der Waals surface area contributed by atoms with Gasteiger partial charge in [-0.2, -0.15) is 0 Å². The molecular weight excluding hydrogens is 472 g/mol. The van der Waals surface area contributed by atoms with Crippen LogP contribution < -0.4 is 9.64 Å². The van der Waals surface area contributed by atoms with Crippen LogP contribution >= 0.6 is 11.3 Å². The quantitative estimate of drug-likeness (QED) is 0.316. The third-order valence-electron chi connectivity index (χ3n) is 6.46. The standard InChI is InChI=1S/C28H30N4O3S/c1-3-30-15-17-31(18-16-30)27(33)26-14-13-22(35-26)19-32(24-11-7-8-12-25(24)34-2)28-29-23(20-36-28)21-9-5-4-6-10-21/h4-14,20H,3,15-19H2,1-2H3. The number of methoxy groups -OCH3 is 1. The second kappa shape index (κ2) is 11.0. The molecule has 0 spiro atoms. The summed E-state index contributed by atoms with van der Waals surface area (Å²) in [6, 6.07) is 21.6. The zero-order valence-corrected chi connectivity index (χ0v) is 21.4. The van der Waals surface area contributed by atoms with Crippen LogP contribution in [0.4, 0.5) is 10.8 Å². The molecule has 0 saturated carbocycles. The number of amides is 1. The molecule has 1 aliphatic rings. The van der Waals surface area contributed by atoms with E-state index >= 15 is 0 Å². The van der Waals surface area contributed by atoms with Gasteiger partial charge in [-0.25, -0.2) is 4.98 Å². The lowest BCUT2D eigenvalue weighted by Crippen LogP contribution is -2.48. The number of benzene rings is 2. The molecule has 3 heterocycles. The Balaban J connectivity index is 1.40. The maximum atomic E-state index is 13.1. The zero-order valence-electron chi connectivity index (χ0n) is 20.6. The highest BCUT2D eigenvalue weighted by Crippen LogP contribution is 2.38. The Labute approximate surface area is 215 Å². The molecule has 0 unspecified atom stereocenters. The van der Waals surface area contributed by atoms with Crippen LogP contribution in [0.5, 0.6) is 5.75 Å². The van der Waals surface area contributed by atoms with Crippen LogP contribution in [-0.2, 0) is 6.54 Å². The van der Waals surface area contributed by atoms with Crippen molar-refractivity contribution in [3.63, 3.8) is 0 Å². The van der Waals surface area contributed by atoms with E-state index in [0.29, 0.717) is 18.1 Å². The lowest BCUT2D eigenvalue weighted by Gasteiger charge is -2.33. The summed E-state index contributed by atoms with van der Waals surface area (Å²) in [7, 11) is 1.66. The lowest BCUT2D eigenvalue weighted by molar-refractivity contribution is 0.0610. The summed E-state index contributed by atoms with van der Waals surface area (Å²) in [6.45, 7) is 6.80. The number of furan rings is 1. The number of aromatic nitrogens is 1. The van der Waals surface area contributed by atoms with Gasteiger partial charge in [-0.05, 0) is 30.8 Å². The lowest BCUT2D eigenvalue weighted by atomic mass is 10.2. The Morgan fingerprint density at radius 1 is 1.03 bits per heavy atom. The molecule has 0 bridgehead atoms. The molecule has 0 atom stereocenters. The molecule has 1 saturated heterocycles. The zero-order chi connectivity index (χ0) is 24.9. The largest absolute Gasteiger partial charge is 0.495 e. The number of thiazole rings is 1. The van der Waals surface area contributed by atoms with Gasteiger partial charge >= 0.3 is 0 Å². The van der Waals surface area contributed by atoms with Gasteiger partial charge < -0.3 is 23.9 Å². The number of nitrogens with zero attached hydrogens (tertiary/aromatic N) is 4. The molecule has 2 aromatic heterocycles. The molecule has 36 heavy (non-hydrogen) atoms. The highest BCUT2D eigenvalue weighted by Gasteiger charge is 2.25. The number of rotatable bonds is 8. The summed E-state index contributed by atoms with van der Waals surface area (Å²) in [6.07, 6.45) is 0. The number of hydrogen-bond donors (Lipinski definition) is 0. The maximum absolute atomic E-state index is 13.1. The van der Waals surface area contributed by atoms with E-state index in [2.05, 4.69) is 34.2 Å². The van der Waals surface area contributed by atoms with E-state index in [0.717, 1.165) is 60.5 Å². The van der Waals surface area contributed by atoms with E-state index in [1.165, 1.54) is 0 Å². The first-order valence-electron chi connectivity index (χ1n) is 12.2. The van der Waals surface area contributed by atoms with Crippen molar-refractivity contribution in [2.24, 2.45) is 0 Å². The van der Waals surface area contributed by atoms with Gasteiger partial charge in [0.05, 0.1) is 25.0 Å². The highest BCUT2D eigenvalue weighted by molar-refractivity contribution is 7.14. The first kappa shape index (κ1) is 24.1. The number of hydrogen-bond acceptors (Lipinski definition) is 7. The SMILES string of the molecule is CCN1CCN(C(=O)c2ccc(CN(c3nc(-c4ccccc4)cs3)c3ccccc3OC)o2)CC1. The molecule has 4 aromatic rings. The topological polar surface area (TPSA) is 62.0 Å². The van der Waals surface area contributed by atoms with Crippen LogP contribution in [0.1, 0.15) is 23.2 Å². The Morgan fingerprint density at radius 2 is 1.78 bits per heavy atom. The maximum Gasteiger partial charge on any atom is 0.289 e. The Bertz CT molecular complexity index is 1290. The predicted molar refractivity (Wildman–Crippen MR) is 143 cm³/mol. The Kier molecular flexibility index (Phi) is 7.34. The molecule has 7 nitrogen and oxygen atoms in total. The average molecular weight is 503 g/mol. The predicted octanol–water partition coefficient (Wildman–Crippen LogP) is 5.53. The molecule has 5 rings (SSSR count). The molecule has 0 radical (unpaired) electrons. The van der Waals surface area contributed by atoms with Crippen LogP contribution in [0.15, 0.2) is 76.5 Å². The first-order valence-corrected chi connectivity index (χ1v) is 13.1. The van der Waals surface area contributed by atoms with Gasteiger partial charge in [-0.1, -0.05) is 49.4 Å². The molecule has 0 N–H and O–H groups in total. The third-order valence-corrected chi connectivity index (χ3v) is 7.33. The van der Waals surface area contributed by atoms with E-state index in [9.17, 15) is 4.79 Å². The fourth-order valence-corrected chi connectivity index (χ4v) is 5.24. The van der Waals surface area contributed by atoms with Crippen molar-refractivity contribution in [2.75, 3.05) is 44.7 Å². The van der Waals surface area contributed by atoms with Gasteiger partial charge in [0.1, 0.15) is 11.5 Å². The van der Waals surface area contributed by atoms with E-state index in [-0.39, 0.29) is 5.91 Å². The van der Waals surface area contributed by atoms with Gasteiger partial charge in [0.2, 0.25) is 0 Å². The highest BCUT2D eigenvalue weighted by atomic mass is 32.1. The van der Waals surface area contributed by atoms with Gasteiger partial charge in [-0.15, -0.1) is 11.3 Å². The molecule has 0 aliphatic carbocycles. The van der Waals surface area contributed by atoms with Crippen LogP contribution in [0.25, 0.3) is 11.3 Å². The molecule has 1 aliphatic heterocycles. The van der Waals surface area contributed by atoms with Crippen molar-refractivity contribution in [3.8, 4) is 17.0 Å². The molecule has 2 aromatic carbocycles. The fraction of sp³-hybridized carbons (Fsp3) is 0.286. The summed E-state index contributed by atoms with van der Waals surface area (Å²) in [4.78, 5) is 24.3. The van der Waals surface area contributed by atoms with Crippen molar-refractivity contribution < 1.29 is 13.9 Å². The Hall–Kier alpha value is -3.62. The van der Waals surface area contributed by atoms with Crippen molar-refractivity contribution in [3.05, 3.63) is 83.6 Å². The molecule has 186 valence electrons. The van der Waals surface area contributed by atoms with Crippen LogP contribution in [0.3, 0.4) is 0 Å². The fourth-order valence-electron chi connectivity index (χ4n) is 4.40. The first-order chi connectivity index (χ1) is 17.7. The molecule has 1 fully saturated rings. The minimum atomic E-state index is -0.0542. The van der Waals surface area contributed by atoms with Crippen molar-refractivity contribution in [1.82, 2.24) is 14.8 Å². The van der Waals surface area contributed by atoms with Gasteiger partial charge in [0.25, 0.3) is 5.91 Å². The van der Waals surface area contributed by atoms with E-state index < -0.39 is 0 Å².